The summed E-state index contributed by atoms with van der Waals surface area (Å²) in [6, 6.07) is 0. The molecule has 0 aromatic carbocycles. The second-order valence-corrected chi connectivity index (χ2v) is 31.0. The fraction of sp³-hybridized carbons (Fsp3) is 0.895. The van der Waals surface area contributed by atoms with Gasteiger partial charge in [-0.25, -0.2) is 9.13 Å². The van der Waals surface area contributed by atoms with Crippen LogP contribution in [-0.2, 0) is 65.4 Å². The van der Waals surface area contributed by atoms with Gasteiger partial charge >= 0.3 is 39.5 Å². The van der Waals surface area contributed by atoms with Gasteiger partial charge < -0.3 is 33.8 Å². The second kappa shape index (κ2) is 66.1. The van der Waals surface area contributed by atoms with Gasteiger partial charge in [-0.2, -0.15) is 0 Å². The first-order valence-electron chi connectivity index (χ1n) is 38.7. The van der Waals surface area contributed by atoms with Crippen LogP contribution in [0.25, 0.3) is 0 Å². The molecular formula is C76H144O17P2. The standard InChI is InChI=1S/C76H144O17P2/c1-8-9-10-11-12-13-14-15-16-21-26-31-36-45-52-59-75(80)93-72(64-87-74(79)58-51-44-39-38-42-49-56-69(6)7)66-91-95(84,85)89-62-70(77)61-88-94(82,83)90-65-71(92-76(81)60-53-46-37-32-27-22-24-29-34-41-48-55-68(4)5)63-86-73(78)57-50-43-35-30-25-20-18-17-19-23-28-33-40-47-54-67(2)3/h13-16,67-72,77H,8-12,17-66H2,1-7H3,(H,82,83)(H,84,85)/b14-13-,16-15-/t70-,71-,72-/m1/s1. The SMILES string of the molecule is CCCCCC/C=C\C=C/CCCCCCCC(=O)O[C@H](COC(=O)CCCCCCCCC(C)C)COP(=O)(O)OC[C@H](O)COP(=O)(O)OC[C@@H](COC(=O)CCCCCCCCCCCCCCCCC(C)C)OC(=O)CCCCCCCCCCCCCC(C)C. The number of esters is 4. The lowest BCUT2D eigenvalue weighted by molar-refractivity contribution is -0.161. The van der Waals surface area contributed by atoms with Crippen LogP contribution in [-0.4, -0.2) is 96.7 Å². The number of hydrogen-bond donors (Lipinski definition) is 3. The van der Waals surface area contributed by atoms with Crippen LogP contribution < -0.4 is 0 Å². The van der Waals surface area contributed by atoms with Crippen LogP contribution in [0.3, 0.4) is 0 Å². The van der Waals surface area contributed by atoms with Gasteiger partial charge in [-0.05, 0) is 69.1 Å². The van der Waals surface area contributed by atoms with Gasteiger partial charge in [0.05, 0.1) is 26.4 Å². The van der Waals surface area contributed by atoms with E-state index in [9.17, 15) is 43.2 Å². The van der Waals surface area contributed by atoms with E-state index >= 15 is 0 Å². The average molecular weight is 1390 g/mol. The van der Waals surface area contributed by atoms with Crippen molar-refractivity contribution >= 4 is 39.5 Å². The minimum absolute atomic E-state index is 0.0837. The monoisotopic (exact) mass is 1390 g/mol. The maximum Gasteiger partial charge on any atom is 0.472 e. The fourth-order valence-electron chi connectivity index (χ4n) is 11.1. The van der Waals surface area contributed by atoms with Gasteiger partial charge in [0.25, 0.3) is 0 Å². The van der Waals surface area contributed by atoms with E-state index in [0.717, 1.165) is 121 Å². The fourth-order valence-corrected chi connectivity index (χ4v) is 12.6. The van der Waals surface area contributed by atoms with Gasteiger partial charge in [-0.15, -0.1) is 0 Å². The highest BCUT2D eigenvalue weighted by atomic mass is 31.2. The predicted octanol–water partition coefficient (Wildman–Crippen LogP) is 21.7. The number of carbonyl (C=O) groups is 4. The Labute approximate surface area is 580 Å². The zero-order valence-corrected chi connectivity index (χ0v) is 63.4. The number of rotatable bonds is 72. The molecule has 560 valence electrons. The summed E-state index contributed by atoms with van der Waals surface area (Å²) in [5.74, 6) is 0.0871. The van der Waals surface area contributed by atoms with Crippen LogP contribution >= 0.6 is 15.6 Å². The lowest BCUT2D eigenvalue weighted by Gasteiger charge is -2.21. The van der Waals surface area contributed by atoms with Crippen LogP contribution in [0.1, 0.15) is 363 Å². The molecule has 0 aromatic heterocycles. The molecule has 0 rings (SSSR count). The molecule has 5 atom stereocenters. The zero-order chi connectivity index (χ0) is 70.1. The third-order valence-corrected chi connectivity index (χ3v) is 18.9. The van der Waals surface area contributed by atoms with Crippen LogP contribution in [0.15, 0.2) is 24.3 Å². The van der Waals surface area contributed by atoms with Crippen molar-refractivity contribution in [1.29, 1.82) is 0 Å². The quantitative estimate of drug-likeness (QED) is 0.0169. The molecule has 0 saturated carbocycles. The summed E-state index contributed by atoms with van der Waals surface area (Å²) in [6.07, 6.45) is 55.1. The van der Waals surface area contributed by atoms with E-state index in [1.165, 1.54) is 154 Å². The third kappa shape index (κ3) is 69.8. The van der Waals surface area contributed by atoms with Crippen LogP contribution in [0.4, 0.5) is 0 Å². The van der Waals surface area contributed by atoms with Gasteiger partial charge in [0.15, 0.2) is 12.2 Å². The molecule has 3 N–H and O–H groups in total. The van der Waals surface area contributed by atoms with Crippen molar-refractivity contribution in [2.45, 2.75) is 381 Å². The molecule has 0 spiro atoms. The number of aliphatic hydroxyl groups is 1. The number of ether oxygens (including phenoxy) is 4. The third-order valence-electron chi connectivity index (χ3n) is 17.0. The topological polar surface area (TPSA) is 237 Å². The largest absolute Gasteiger partial charge is 0.472 e. The van der Waals surface area contributed by atoms with Gasteiger partial charge in [-0.3, -0.25) is 37.3 Å². The Morgan fingerprint density at radius 3 is 0.853 bits per heavy atom. The number of carbonyl (C=O) groups excluding carboxylic acids is 4. The molecule has 2 unspecified atom stereocenters. The molecule has 0 amide bonds. The summed E-state index contributed by atoms with van der Waals surface area (Å²) in [5, 5.41) is 10.6. The maximum absolute atomic E-state index is 13.1. The van der Waals surface area contributed by atoms with Gasteiger partial charge in [-0.1, -0.05) is 310 Å². The van der Waals surface area contributed by atoms with E-state index in [1.54, 1.807) is 0 Å². The summed E-state index contributed by atoms with van der Waals surface area (Å²) in [7, 11) is -9.92. The maximum atomic E-state index is 13.1. The Morgan fingerprint density at radius 2 is 0.568 bits per heavy atom. The first-order valence-corrected chi connectivity index (χ1v) is 41.7. The number of aliphatic hydroxyl groups excluding tert-OH is 1. The van der Waals surface area contributed by atoms with Crippen molar-refractivity contribution in [3.8, 4) is 0 Å². The lowest BCUT2D eigenvalue weighted by atomic mass is 10.0. The Balaban J connectivity index is 5.26. The molecule has 0 aliphatic carbocycles. The zero-order valence-electron chi connectivity index (χ0n) is 61.6. The molecule has 0 radical (unpaired) electrons. The number of phosphoric ester groups is 2. The van der Waals surface area contributed by atoms with Crippen LogP contribution in [0.5, 0.6) is 0 Å². The summed E-state index contributed by atoms with van der Waals surface area (Å²) in [4.78, 5) is 72.7. The number of hydrogen-bond acceptors (Lipinski definition) is 15. The van der Waals surface area contributed by atoms with Crippen molar-refractivity contribution in [3.05, 3.63) is 24.3 Å². The van der Waals surface area contributed by atoms with E-state index in [2.05, 4.69) is 72.8 Å². The summed E-state index contributed by atoms with van der Waals surface area (Å²) in [5.41, 5.74) is 0. The Bertz CT molecular complexity index is 1950. The molecular weight excluding hydrogens is 1250 g/mol. The van der Waals surface area contributed by atoms with E-state index in [1.807, 2.05) is 0 Å². The highest BCUT2D eigenvalue weighted by molar-refractivity contribution is 7.47. The second-order valence-electron chi connectivity index (χ2n) is 28.1. The lowest BCUT2D eigenvalue weighted by Crippen LogP contribution is -2.30. The number of allylic oxidation sites excluding steroid dienone is 4. The van der Waals surface area contributed by atoms with E-state index < -0.39 is 97.5 Å². The minimum Gasteiger partial charge on any atom is -0.462 e. The first-order chi connectivity index (χ1) is 45.7. The smallest absolute Gasteiger partial charge is 0.462 e. The molecule has 0 heterocycles. The predicted molar refractivity (Wildman–Crippen MR) is 386 cm³/mol. The van der Waals surface area contributed by atoms with E-state index in [0.29, 0.717) is 31.6 Å². The van der Waals surface area contributed by atoms with E-state index in [4.69, 9.17) is 37.0 Å². The normalized spacial score (nSPS) is 14.2. The molecule has 0 aliphatic rings. The van der Waals surface area contributed by atoms with E-state index in [-0.39, 0.29) is 25.7 Å². The molecule has 0 bridgehead atoms. The van der Waals surface area contributed by atoms with Gasteiger partial charge in [0, 0.05) is 25.7 Å². The van der Waals surface area contributed by atoms with Crippen molar-refractivity contribution in [2.75, 3.05) is 39.6 Å². The molecule has 0 saturated heterocycles. The molecule has 0 aromatic rings. The van der Waals surface area contributed by atoms with Crippen molar-refractivity contribution < 1.29 is 80.2 Å². The Hall–Kier alpha value is -2.46. The summed E-state index contributed by atoms with van der Waals surface area (Å²) in [6.45, 7) is 11.8. The average Bonchev–Trinajstić information content (AvgIpc) is 1.40. The molecule has 95 heavy (non-hydrogen) atoms. The Kier molecular flexibility index (Phi) is 64.4. The molecule has 0 aliphatic heterocycles. The first kappa shape index (κ1) is 92.5. The molecule has 19 heteroatoms. The minimum atomic E-state index is -4.96. The van der Waals surface area contributed by atoms with Crippen LogP contribution in [0.2, 0.25) is 0 Å². The molecule has 0 fully saturated rings. The highest BCUT2D eigenvalue weighted by Gasteiger charge is 2.30. The van der Waals surface area contributed by atoms with Gasteiger partial charge in [0.1, 0.15) is 19.3 Å². The molecule has 17 nitrogen and oxygen atoms in total. The summed E-state index contributed by atoms with van der Waals surface area (Å²) >= 11 is 0. The van der Waals surface area contributed by atoms with Gasteiger partial charge in [0.2, 0.25) is 0 Å². The number of phosphoric acid groups is 2. The van der Waals surface area contributed by atoms with Crippen molar-refractivity contribution in [3.63, 3.8) is 0 Å². The Morgan fingerprint density at radius 1 is 0.326 bits per heavy atom. The van der Waals surface area contributed by atoms with Crippen molar-refractivity contribution in [2.24, 2.45) is 17.8 Å². The van der Waals surface area contributed by atoms with Crippen LogP contribution in [0, 0.1) is 17.8 Å². The van der Waals surface area contributed by atoms with Crippen molar-refractivity contribution in [1.82, 2.24) is 0 Å². The summed E-state index contributed by atoms with van der Waals surface area (Å²) < 4.78 is 68.4. The number of unbranched alkanes of at least 4 members (excludes halogenated alkanes) is 37. The highest BCUT2D eigenvalue weighted by Crippen LogP contribution is 2.45.